The zero-order valence-corrected chi connectivity index (χ0v) is 12.6. The number of hydrogen-bond donors (Lipinski definition) is 2. The maximum absolute atomic E-state index is 13.1. The van der Waals surface area contributed by atoms with Crippen LogP contribution in [0.5, 0.6) is 0 Å². The monoisotopic (exact) mass is 337 g/mol. The second kappa shape index (κ2) is 5.58. The Kier molecular flexibility index (Phi) is 4.04. The lowest BCUT2D eigenvalue weighted by atomic mass is 10.1. The van der Waals surface area contributed by atoms with Crippen molar-refractivity contribution in [3.63, 3.8) is 0 Å². The fourth-order valence-corrected chi connectivity index (χ4v) is 2.08. The van der Waals surface area contributed by atoms with Crippen molar-refractivity contribution in [2.24, 2.45) is 0 Å². The first-order valence-corrected chi connectivity index (χ1v) is 6.67. The SMILES string of the molecule is Cc1cc(NC(=O)c2cc(F)cnc2N)cc(C)c1Br. The number of pyridine rings is 1. The van der Waals surface area contributed by atoms with Crippen molar-refractivity contribution in [1.82, 2.24) is 4.98 Å². The number of nitrogens with two attached hydrogens (primary N) is 1. The highest BCUT2D eigenvalue weighted by Gasteiger charge is 2.13. The minimum absolute atomic E-state index is 0.00513. The molecule has 6 heteroatoms. The van der Waals surface area contributed by atoms with Crippen LogP contribution in [0.2, 0.25) is 0 Å². The van der Waals surface area contributed by atoms with E-state index in [1.165, 1.54) is 0 Å². The van der Waals surface area contributed by atoms with E-state index in [2.05, 4.69) is 26.2 Å². The molecule has 4 nitrogen and oxygen atoms in total. The van der Waals surface area contributed by atoms with Gasteiger partial charge in [0.1, 0.15) is 11.6 Å². The molecular weight excluding hydrogens is 325 g/mol. The average molecular weight is 338 g/mol. The second-order valence-electron chi connectivity index (χ2n) is 4.46. The maximum atomic E-state index is 13.1. The van der Waals surface area contributed by atoms with Gasteiger partial charge in [-0.15, -0.1) is 0 Å². The number of nitrogens with one attached hydrogen (secondary N) is 1. The van der Waals surface area contributed by atoms with Gasteiger partial charge in [-0.25, -0.2) is 9.37 Å². The number of nitrogen functional groups attached to an aromatic ring is 1. The Hall–Kier alpha value is -1.95. The summed E-state index contributed by atoms with van der Waals surface area (Å²) in [5.74, 6) is -1.10. The first kappa shape index (κ1) is 14.5. The predicted octanol–water partition coefficient (Wildman–Crippen LogP) is 3.43. The number of hydrogen-bond acceptors (Lipinski definition) is 3. The first-order chi connectivity index (χ1) is 9.38. The molecule has 20 heavy (non-hydrogen) atoms. The van der Waals surface area contributed by atoms with Crippen LogP contribution >= 0.6 is 15.9 Å². The molecule has 0 aliphatic carbocycles. The van der Waals surface area contributed by atoms with E-state index in [1.807, 2.05) is 26.0 Å². The number of amides is 1. The molecule has 0 saturated heterocycles. The molecule has 1 aromatic heterocycles. The summed E-state index contributed by atoms with van der Waals surface area (Å²) in [6, 6.07) is 4.70. The summed E-state index contributed by atoms with van der Waals surface area (Å²) in [6.07, 6.45) is 0.972. The molecule has 2 aromatic rings. The molecule has 104 valence electrons. The van der Waals surface area contributed by atoms with Crippen molar-refractivity contribution in [3.05, 3.63) is 51.4 Å². The molecule has 1 heterocycles. The summed E-state index contributed by atoms with van der Waals surface area (Å²) >= 11 is 3.45. The normalized spacial score (nSPS) is 10.4. The molecule has 0 radical (unpaired) electrons. The quantitative estimate of drug-likeness (QED) is 0.881. The number of carbonyl (C=O) groups is 1. The molecule has 1 aromatic carbocycles. The third kappa shape index (κ3) is 2.96. The van der Waals surface area contributed by atoms with Gasteiger partial charge in [0.05, 0.1) is 11.8 Å². The fourth-order valence-electron chi connectivity index (χ4n) is 1.85. The topological polar surface area (TPSA) is 68.0 Å². The molecule has 2 rings (SSSR count). The summed E-state index contributed by atoms with van der Waals surface area (Å²) in [4.78, 5) is 15.7. The number of benzene rings is 1. The molecule has 0 unspecified atom stereocenters. The number of anilines is 2. The molecule has 0 aliphatic rings. The predicted molar refractivity (Wildman–Crippen MR) is 80.2 cm³/mol. The van der Waals surface area contributed by atoms with E-state index in [0.717, 1.165) is 27.9 Å². The Bertz CT molecular complexity index is 665. The van der Waals surface area contributed by atoms with Gasteiger partial charge in [0.15, 0.2) is 0 Å². The van der Waals surface area contributed by atoms with Crippen molar-refractivity contribution in [2.75, 3.05) is 11.1 Å². The zero-order valence-electron chi connectivity index (χ0n) is 11.0. The highest BCUT2D eigenvalue weighted by molar-refractivity contribution is 9.10. The van der Waals surface area contributed by atoms with Gasteiger partial charge in [-0.05, 0) is 43.2 Å². The largest absolute Gasteiger partial charge is 0.383 e. The molecule has 0 spiro atoms. The van der Waals surface area contributed by atoms with Crippen LogP contribution in [0.3, 0.4) is 0 Å². The van der Waals surface area contributed by atoms with Crippen LogP contribution < -0.4 is 11.1 Å². The smallest absolute Gasteiger partial charge is 0.259 e. The number of carbonyl (C=O) groups excluding carboxylic acids is 1. The molecule has 0 atom stereocenters. The Morgan fingerprint density at radius 1 is 1.30 bits per heavy atom. The Balaban J connectivity index is 2.30. The molecule has 3 N–H and O–H groups in total. The minimum Gasteiger partial charge on any atom is -0.383 e. The maximum Gasteiger partial charge on any atom is 0.259 e. The Morgan fingerprint density at radius 2 is 1.90 bits per heavy atom. The van der Waals surface area contributed by atoms with Gasteiger partial charge >= 0.3 is 0 Å². The van der Waals surface area contributed by atoms with Gasteiger partial charge in [-0.3, -0.25) is 4.79 Å². The van der Waals surface area contributed by atoms with Gasteiger partial charge in [0.2, 0.25) is 0 Å². The van der Waals surface area contributed by atoms with Crippen LogP contribution in [0, 0.1) is 19.7 Å². The number of halogens is 2. The van der Waals surface area contributed by atoms with Crippen molar-refractivity contribution >= 4 is 33.3 Å². The summed E-state index contributed by atoms with van der Waals surface area (Å²) in [5, 5.41) is 2.69. The van der Waals surface area contributed by atoms with Crippen LogP contribution in [0.1, 0.15) is 21.5 Å². The lowest BCUT2D eigenvalue weighted by Gasteiger charge is -2.10. The summed E-state index contributed by atoms with van der Waals surface area (Å²) in [7, 11) is 0. The van der Waals surface area contributed by atoms with Gasteiger partial charge < -0.3 is 11.1 Å². The first-order valence-electron chi connectivity index (χ1n) is 5.87. The lowest BCUT2D eigenvalue weighted by molar-refractivity contribution is 0.102. The van der Waals surface area contributed by atoms with Crippen molar-refractivity contribution in [1.29, 1.82) is 0 Å². The fraction of sp³-hybridized carbons (Fsp3) is 0.143. The standard InChI is InChI=1S/C14H13BrFN3O/c1-7-3-10(4-8(2)12(7)15)19-14(20)11-5-9(16)6-18-13(11)17/h3-6H,1-2H3,(H2,17,18)(H,19,20). The van der Waals surface area contributed by atoms with Crippen molar-refractivity contribution in [2.45, 2.75) is 13.8 Å². The highest BCUT2D eigenvalue weighted by atomic mass is 79.9. The van der Waals surface area contributed by atoms with E-state index in [0.29, 0.717) is 5.69 Å². The van der Waals surface area contributed by atoms with Gasteiger partial charge in [-0.2, -0.15) is 0 Å². The summed E-state index contributed by atoms with van der Waals surface area (Å²) in [5.41, 5.74) is 8.20. The molecule has 0 bridgehead atoms. The second-order valence-corrected chi connectivity index (χ2v) is 5.26. The number of aryl methyl sites for hydroxylation is 2. The minimum atomic E-state index is -0.604. The van der Waals surface area contributed by atoms with Crippen LogP contribution in [0.4, 0.5) is 15.9 Å². The van der Waals surface area contributed by atoms with E-state index in [4.69, 9.17) is 5.73 Å². The van der Waals surface area contributed by atoms with E-state index in [9.17, 15) is 9.18 Å². The number of aromatic nitrogens is 1. The average Bonchev–Trinajstić information content (AvgIpc) is 2.38. The van der Waals surface area contributed by atoms with Gasteiger partial charge in [0, 0.05) is 10.2 Å². The van der Waals surface area contributed by atoms with E-state index >= 15 is 0 Å². The van der Waals surface area contributed by atoms with Gasteiger partial charge in [0.25, 0.3) is 5.91 Å². The number of rotatable bonds is 2. The highest BCUT2D eigenvalue weighted by Crippen LogP contribution is 2.25. The van der Waals surface area contributed by atoms with Crippen LogP contribution in [-0.2, 0) is 0 Å². The van der Waals surface area contributed by atoms with Gasteiger partial charge in [-0.1, -0.05) is 15.9 Å². The summed E-state index contributed by atoms with van der Waals surface area (Å²) < 4.78 is 14.1. The third-order valence-corrected chi connectivity index (χ3v) is 4.07. The Labute approximate surface area is 124 Å². The molecule has 0 aliphatic heterocycles. The molecular formula is C14H13BrFN3O. The number of nitrogens with zero attached hydrogens (tertiary/aromatic N) is 1. The Morgan fingerprint density at radius 3 is 2.50 bits per heavy atom. The summed E-state index contributed by atoms with van der Waals surface area (Å²) in [6.45, 7) is 3.84. The van der Waals surface area contributed by atoms with E-state index in [-0.39, 0.29) is 11.4 Å². The van der Waals surface area contributed by atoms with Crippen molar-refractivity contribution in [3.8, 4) is 0 Å². The van der Waals surface area contributed by atoms with Crippen LogP contribution in [-0.4, -0.2) is 10.9 Å². The van der Waals surface area contributed by atoms with Crippen molar-refractivity contribution < 1.29 is 9.18 Å². The molecule has 1 amide bonds. The third-order valence-electron chi connectivity index (χ3n) is 2.82. The van der Waals surface area contributed by atoms with Crippen LogP contribution in [0.25, 0.3) is 0 Å². The van der Waals surface area contributed by atoms with Crippen LogP contribution in [0.15, 0.2) is 28.9 Å². The van der Waals surface area contributed by atoms with E-state index in [1.54, 1.807) is 0 Å². The zero-order chi connectivity index (χ0) is 14.9. The molecule has 0 fully saturated rings. The lowest BCUT2D eigenvalue weighted by Crippen LogP contribution is -2.15. The molecule has 0 saturated carbocycles. The van der Waals surface area contributed by atoms with E-state index < -0.39 is 11.7 Å².